The van der Waals surface area contributed by atoms with Crippen LogP contribution in [0.25, 0.3) is 22.5 Å². The van der Waals surface area contributed by atoms with Gasteiger partial charge in [-0.1, -0.05) is 90.1 Å². The molecule has 0 bridgehead atoms. The molecular weight excluding hydrogens is 418 g/mol. The van der Waals surface area contributed by atoms with Crippen molar-refractivity contribution in [2.24, 2.45) is 0 Å². The maximum Gasteiger partial charge on any atom is 0.192 e. The number of carbonyl (C=O) groups is 1. The van der Waals surface area contributed by atoms with Crippen molar-refractivity contribution in [3.05, 3.63) is 102 Å². The molecule has 0 aliphatic rings. The number of ketones is 1. The molecule has 2 N–H and O–H groups in total. The van der Waals surface area contributed by atoms with Gasteiger partial charge in [0.05, 0.1) is 6.61 Å². The maximum absolute atomic E-state index is 12.6. The second-order valence-corrected chi connectivity index (χ2v) is 7.92. The number of aliphatic hydroxyl groups is 2. The molecule has 6 heteroatoms. The number of aliphatic hydroxyl groups excluding tert-OH is 2. The molecule has 0 aliphatic heterocycles. The Kier molecular flexibility index (Phi) is 6.79. The highest BCUT2D eigenvalue weighted by Crippen LogP contribution is 2.33. The summed E-state index contributed by atoms with van der Waals surface area (Å²) in [4.78, 5) is 12.6. The van der Waals surface area contributed by atoms with Gasteiger partial charge in [0.2, 0.25) is 0 Å². The van der Waals surface area contributed by atoms with E-state index in [-0.39, 0.29) is 12.3 Å². The summed E-state index contributed by atoms with van der Waals surface area (Å²) in [6.45, 7) is 0.743. The summed E-state index contributed by atoms with van der Waals surface area (Å²) in [7, 11) is 0. The molecular formula is C27H25NO5. The zero-order valence-electron chi connectivity index (χ0n) is 18.2. The van der Waals surface area contributed by atoms with Crippen LogP contribution >= 0.6 is 0 Å². The van der Waals surface area contributed by atoms with Gasteiger partial charge in [-0.2, -0.15) is 0 Å². The molecule has 1 aromatic heterocycles. The molecule has 4 rings (SSSR count). The number of aromatic nitrogens is 1. The number of ether oxygens (including phenoxy) is 1. The summed E-state index contributed by atoms with van der Waals surface area (Å²) in [5.41, 5.74) is 2.21. The first kappa shape index (κ1) is 22.6. The second kappa shape index (κ2) is 9.92. The third-order valence-corrected chi connectivity index (χ3v) is 5.69. The van der Waals surface area contributed by atoms with Gasteiger partial charge >= 0.3 is 0 Å². The quantitative estimate of drug-likeness (QED) is 0.393. The lowest BCUT2D eigenvalue weighted by Crippen LogP contribution is -2.46. The zero-order valence-corrected chi connectivity index (χ0v) is 18.2. The number of hydrogen-bond donors (Lipinski definition) is 2. The van der Waals surface area contributed by atoms with Gasteiger partial charge in [0.15, 0.2) is 17.1 Å². The lowest BCUT2D eigenvalue weighted by Gasteiger charge is -2.31. The molecule has 1 heterocycles. The summed E-state index contributed by atoms with van der Waals surface area (Å²) >= 11 is 0. The summed E-state index contributed by atoms with van der Waals surface area (Å²) in [6.07, 6.45) is -1.43. The minimum atomic E-state index is -1.71. The highest BCUT2D eigenvalue weighted by atomic mass is 16.5. The van der Waals surface area contributed by atoms with Crippen LogP contribution in [0.3, 0.4) is 0 Å². The number of rotatable bonds is 9. The average molecular weight is 443 g/mol. The van der Waals surface area contributed by atoms with E-state index in [9.17, 15) is 15.0 Å². The standard InChI is InChI=1S/C27H25NO5/c1-27(25(30)17-29,26(31)23-16-24(33-28-23)22-10-6-3-7-11-22)32-18-19-12-14-21(15-13-19)20-8-4-2-5-9-20/h2-16,26,29,31H,17-18H2,1H3/t26-,27+/m0/s1. The lowest BCUT2D eigenvalue weighted by molar-refractivity contribution is -0.166. The van der Waals surface area contributed by atoms with Crippen LogP contribution in [-0.2, 0) is 16.1 Å². The van der Waals surface area contributed by atoms with E-state index >= 15 is 0 Å². The van der Waals surface area contributed by atoms with Crippen LogP contribution in [0.2, 0.25) is 0 Å². The van der Waals surface area contributed by atoms with Gasteiger partial charge in [0, 0.05) is 11.6 Å². The topological polar surface area (TPSA) is 92.8 Å². The molecule has 2 atom stereocenters. The minimum Gasteiger partial charge on any atom is -0.388 e. The predicted octanol–water partition coefficient (Wildman–Crippen LogP) is 4.58. The molecule has 0 amide bonds. The molecule has 0 unspecified atom stereocenters. The fraction of sp³-hybridized carbons (Fsp3) is 0.185. The molecule has 3 aromatic carbocycles. The van der Waals surface area contributed by atoms with Gasteiger partial charge < -0.3 is 19.5 Å². The highest BCUT2D eigenvalue weighted by molar-refractivity contribution is 5.88. The normalized spacial score (nSPS) is 13.9. The number of carbonyl (C=O) groups excluding carboxylic acids is 1. The largest absolute Gasteiger partial charge is 0.388 e. The second-order valence-electron chi connectivity index (χ2n) is 7.92. The first-order valence-electron chi connectivity index (χ1n) is 10.6. The Balaban J connectivity index is 1.51. The summed E-state index contributed by atoms with van der Waals surface area (Å²) in [6, 6.07) is 28.6. The minimum absolute atomic E-state index is 0.0672. The Morgan fingerprint density at radius 3 is 2.12 bits per heavy atom. The third kappa shape index (κ3) is 4.93. The molecule has 33 heavy (non-hydrogen) atoms. The lowest BCUT2D eigenvalue weighted by atomic mass is 9.91. The van der Waals surface area contributed by atoms with Crippen LogP contribution < -0.4 is 0 Å². The highest BCUT2D eigenvalue weighted by Gasteiger charge is 2.43. The van der Waals surface area contributed by atoms with E-state index in [1.54, 1.807) is 6.07 Å². The summed E-state index contributed by atoms with van der Waals surface area (Å²) in [5.74, 6) is -0.194. The van der Waals surface area contributed by atoms with Crippen molar-refractivity contribution in [2.45, 2.75) is 25.2 Å². The van der Waals surface area contributed by atoms with Gasteiger partial charge in [-0.3, -0.25) is 4.79 Å². The Bertz CT molecular complexity index is 1190. The Morgan fingerprint density at radius 1 is 0.939 bits per heavy atom. The fourth-order valence-electron chi connectivity index (χ4n) is 3.56. The van der Waals surface area contributed by atoms with Crippen molar-refractivity contribution in [1.82, 2.24) is 5.16 Å². The fourth-order valence-corrected chi connectivity index (χ4v) is 3.56. The number of nitrogens with zero attached hydrogens (tertiary/aromatic N) is 1. The van der Waals surface area contributed by atoms with Crippen LogP contribution in [-0.4, -0.2) is 33.4 Å². The van der Waals surface area contributed by atoms with E-state index in [0.29, 0.717) is 5.76 Å². The van der Waals surface area contributed by atoms with E-state index in [2.05, 4.69) is 5.16 Å². The molecule has 0 aliphatic carbocycles. The van der Waals surface area contributed by atoms with Crippen LogP contribution in [0.1, 0.15) is 24.3 Å². The zero-order chi connectivity index (χ0) is 23.3. The van der Waals surface area contributed by atoms with Crippen LogP contribution in [0.4, 0.5) is 0 Å². The molecule has 0 saturated heterocycles. The molecule has 4 aromatic rings. The molecule has 0 radical (unpaired) electrons. The monoisotopic (exact) mass is 443 g/mol. The smallest absolute Gasteiger partial charge is 0.192 e. The molecule has 0 saturated carbocycles. The van der Waals surface area contributed by atoms with Gasteiger partial charge in [-0.05, 0) is 23.6 Å². The number of hydrogen-bond acceptors (Lipinski definition) is 6. The van der Waals surface area contributed by atoms with Crippen molar-refractivity contribution >= 4 is 5.78 Å². The number of Topliss-reactive ketones (excluding diaryl/α,β-unsaturated/α-hetero) is 1. The first-order chi connectivity index (χ1) is 16.0. The molecule has 168 valence electrons. The van der Waals surface area contributed by atoms with E-state index in [0.717, 1.165) is 22.3 Å². The predicted molar refractivity (Wildman–Crippen MR) is 124 cm³/mol. The Labute approximate surface area is 192 Å². The van der Waals surface area contributed by atoms with E-state index in [1.165, 1.54) is 6.92 Å². The summed E-state index contributed by atoms with van der Waals surface area (Å²) in [5, 5.41) is 24.5. The third-order valence-electron chi connectivity index (χ3n) is 5.69. The van der Waals surface area contributed by atoms with Crippen molar-refractivity contribution in [3.63, 3.8) is 0 Å². The van der Waals surface area contributed by atoms with Gasteiger partial charge in [-0.25, -0.2) is 0 Å². The Hall–Kier alpha value is -3.58. The summed E-state index contributed by atoms with van der Waals surface area (Å²) < 4.78 is 11.3. The average Bonchev–Trinajstić information content (AvgIpc) is 3.38. The van der Waals surface area contributed by atoms with Crippen LogP contribution in [0.5, 0.6) is 0 Å². The van der Waals surface area contributed by atoms with Crippen LogP contribution in [0, 0.1) is 0 Å². The van der Waals surface area contributed by atoms with Gasteiger partial charge in [-0.15, -0.1) is 0 Å². The maximum atomic E-state index is 12.6. The SMILES string of the molecule is C[C@@](OCc1ccc(-c2ccccc2)cc1)(C(=O)CO)[C@@H](O)c1cc(-c2ccccc2)on1. The van der Waals surface area contributed by atoms with Crippen molar-refractivity contribution in [3.8, 4) is 22.5 Å². The molecule has 6 nitrogen and oxygen atoms in total. The molecule has 0 fully saturated rings. The van der Waals surface area contributed by atoms with Crippen molar-refractivity contribution < 1.29 is 24.3 Å². The van der Waals surface area contributed by atoms with Gasteiger partial charge in [0.1, 0.15) is 18.4 Å². The van der Waals surface area contributed by atoms with E-state index in [1.807, 2.05) is 84.9 Å². The molecule has 0 spiro atoms. The van der Waals surface area contributed by atoms with Crippen LogP contribution in [0.15, 0.2) is 95.5 Å². The van der Waals surface area contributed by atoms with Crippen molar-refractivity contribution in [2.75, 3.05) is 6.61 Å². The first-order valence-corrected chi connectivity index (χ1v) is 10.6. The van der Waals surface area contributed by atoms with Crippen molar-refractivity contribution in [1.29, 1.82) is 0 Å². The van der Waals surface area contributed by atoms with E-state index in [4.69, 9.17) is 9.26 Å². The van der Waals surface area contributed by atoms with E-state index < -0.39 is 24.1 Å². The Morgan fingerprint density at radius 2 is 1.52 bits per heavy atom. The number of benzene rings is 3. The van der Waals surface area contributed by atoms with Gasteiger partial charge in [0.25, 0.3) is 0 Å².